The van der Waals surface area contributed by atoms with Gasteiger partial charge in [-0.2, -0.15) is 11.8 Å². The monoisotopic (exact) mass is 200 g/mol. The lowest BCUT2D eigenvalue weighted by atomic mass is 9.97. The van der Waals surface area contributed by atoms with Crippen molar-refractivity contribution in [2.24, 2.45) is 0 Å². The normalized spacial score (nSPS) is 36.7. The molecule has 2 saturated carbocycles. The van der Waals surface area contributed by atoms with E-state index in [0.29, 0.717) is 0 Å². The zero-order valence-corrected chi connectivity index (χ0v) is 9.06. The van der Waals surface area contributed by atoms with Crippen LogP contribution in [0.3, 0.4) is 0 Å². The molecule has 2 rings (SSSR count). The molecule has 0 saturated heterocycles. The second kappa shape index (κ2) is 4.70. The van der Waals surface area contributed by atoms with Crippen molar-refractivity contribution >= 4 is 11.8 Å². The van der Waals surface area contributed by atoms with E-state index < -0.39 is 0 Å². The minimum absolute atomic E-state index is 0.0143. The van der Waals surface area contributed by atoms with Crippen molar-refractivity contribution in [3.8, 4) is 0 Å². The Bertz CT molecular complexity index is 146. The van der Waals surface area contributed by atoms with Crippen molar-refractivity contribution in [1.82, 2.24) is 0 Å². The molecule has 0 aliphatic heterocycles. The molecule has 0 amide bonds. The minimum atomic E-state index is 0.0143. The zero-order valence-electron chi connectivity index (χ0n) is 8.24. The van der Waals surface area contributed by atoms with Crippen LogP contribution in [0.15, 0.2) is 0 Å². The summed E-state index contributed by atoms with van der Waals surface area (Å²) in [5.41, 5.74) is 0. The molecule has 0 heterocycles. The Balaban J connectivity index is 1.69. The van der Waals surface area contributed by atoms with Crippen LogP contribution in [0.1, 0.15) is 51.4 Å². The van der Waals surface area contributed by atoms with Crippen LogP contribution in [-0.4, -0.2) is 21.7 Å². The van der Waals surface area contributed by atoms with Crippen LogP contribution in [0.5, 0.6) is 0 Å². The third-order valence-electron chi connectivity index (χ3n) is 3.33. The van der Waals surface area contributed by atoms with Gasteiger partial charge in [0.05, 0.1) is 6.10 Å². The van der Waals surface area contributed by atoms with Crippen LogP contribution in [0, 0.1) is 0 Å². The van der Waals surface area contributed by atoms with Crippen LogP contribution in [0.25, 0.3) is 0 Å². The molecule has 2 heteroatoms. The van der Waals surface area contributed by atoms with Crippen LogP contribution in [0.4, 0.5) is 0 Å². The third kappa shape index (κ3) is 2.88. The Labute approximate surface area is 85.3 Å². The summed E-state index contributed by atoms with van der Waals surface area (Å²) in [6.45, 7) is 0. The minimum Gasteiger partial charge on any atom is -0.393 e. The van der Waals surface area contributed by atoms with Crippen LogP contribution >= 0.6 is 11.8 Å². The average Bonchev–Trinajstić information content (AvgIpc) is 2.62. The first-order chi connectivity index (χ1) is 6.34. The lowest BCUT2D eigenvalue weighted by Gasteiger charge is -2.26. The Hall–Kier alpha value is 0.310. The molecular formula is C11H20OS. The van der Waals surface area contributed by atoms with Gasteiger partial charge in [0.1, 0.15) is 0 Å². The molecule has 0 aromatic heterocycles. The molecule has 0 aromatic rings. The first kappa shape index (κ1) is 9.85. The largest absolute Gasteiger partial charge is 0.393 e. The van der Waals surface area contributed by atoms with Crippen molar-refractivity contribution in [1.29, 1.82) is 0 Å². The van der Waals surface area contributed by atoms with Crippen LogP contribution in [-0.2, 0) is 0 Å². The highest BCUT2D eigenvalue weighted by atomic mass is 32.2. The van der Waals surface area contributed by atoms with Gasteiger partial charge in [-0.15, -0.1) is 0 Å². The first-order valence-electron chi connectivity index (χ1n) is 5.68. The van der Waals surface area contributed by atoms with E-state index >= 15 is 0 Å². The van der Waals surface area contributed by atoms with Crippen molar-refractivity contribution in [2.75, 3.05) is 0 Å². The van der Waals surface area contributed by atoms with E-state index in [0.717, 1.165) is 23.3 Å². The van der Waals surface area contributed by atoms with E-state index in [1.165, 1.54) is 38.5 Å². The number of hydrogen-bond acceptors (Lipinski definition) is 2. The van der Waals surface area contributed by atoms with Crippen LogP contribution < -0.4 is 0 Å². The average molecular weight is 200 g/mol. The van der Waals surface area contributed by atoms with Gasteiger partial charge >= 0.3 is 0 Å². The van der Waals surface area contributed by atoms with E-state index in [9.17, 15) is 5.11 Å². The maximum absolute atomic E-state index is 9.38. The lowest BCUT2D eigenvalue weighted by molar-refractivity contribution is 0.132. The van der Waals surface area contributed by atoms with Gasteiger partial charge in [-0.25, -0.2) is 0 Å². The summed E-state index contributed by atoms with van der Waals surface area (Å²) in [6, 6.07) is 0. The predicted molar refractivity (Wildman–Crippen MR) is 58.1 cm³/mol. The summed E-state index contributed by atoms with van der Waals surface area (Å²) in [6.07, 6.45) is 10.4. The number of hydrogen-bond donors (Lipinski definition) is 1. The SMILES string of the molecule is OC1CCC(SC2CCCC2)CC1. The maximum Gasteiger partial charge on any atom is 0.0541 e. The highest BCUT2D eigenvalue weighted by Gasteiger charge is 2.24. The van der Waals surface area contributed by atoms with Gasteiger partial charge in [-0.3, -0.25) is 0 Å². The summed E-state index contributed by atoms with van der Waals surface area (Å²) in [7, 11) is 0. The molecule has 13 heavy (non-hydrogen) atoms. The van der Waals surface area contributed by atoms with E-state index in [1.807, 2.05) is 0 Å². The number of aliphatic hydroxyl groups excluding tert-OH is 1. The lowest BCUT2D eigenvalue weighted by Crippen LogP contribution is -2.21. The number of thioether (sulfide) groups is 1. The molecule has 0 unspecified atom stereocenters. The maximum atomic E-state index is 9.38. The van der Waals surface area contributed by atoms with Gasteiger partial charge in [0.2, 0.25) is 0 Å². The van der Waals surface area contributed by atoms with Crippen molar-refractivity contribution < 1.29 is 5.11 Å². The molecular weight excluding hydrogens is 180 g/mol. The summed E-state index contributed by atoms with van der Waals surface area (Å²) in [5.74, 6) is 0. The van der Waals surface area contributed by atoms with Crippen molar-refractivity contribution in [3.05, 3.63) is 0 Å². The summed E-state index contributed by atoms with van der Waals surface area (Å²) < 4.78 is 0. The van der Waals surface area contributed by atoms with E-state index in [4.69, 9.17) is 0 Å². The number of aliphatic hydroxyl groups is 1. The Morgan fingerprint density at radius 2 is 1.31 bits per heavy atom. The van der Waals surface area contributed by atoms with E-state index in [-0.39, 0.29) is 6.10 Å². The smallest absolute Gasteiger partial charge is 0.0541 e. The molecule has 0 spiro atoms. The fourth-order valence-corrected chi connectivity index (χ4v) is 4.17. The molecule has 0 bridgehead atoms. The molecule has 2 aliphatic rings. The molecule has 1 nitrogen and oxygen atoms in total. The fourth-order valence-electron chi connectivity index (χ4n) is 2.48. The number of rotatable bonds is 2. The summed E-state index contributed by atoms with van der Waals surface area (Å²) >= 11 is 2.22. The second-order valence-electron chi connectivity index (χ2n) is 4.47. The highest BCUT2D eigenvalue weighted by Crippen LogP contribution is 2.37. The third-order valence-corrected chi connectivity index (χ3v) is 5.04. The molecule has 76 valence electrons. The van der Waals surface area contributed by atoms with Gasteiger partial charge < -0.3 is 5.11 Å². The van der Waals surface area contributed by atoms with Crippen molar-refractivity contribution in [3.63, 3.8) is 0 Å². The topological polar surface area (TPSA) is 20.2 Å². The van der Waals surface area contributed by atoms with Gasteiger partial charge in [-0.1, -0.05) is 12.8 Å². The Morgan fingerprint density at radius 1 is 0.769 bits per heavy atom. The molecule has 0 radical (unpaired) electrons. The Kier molecular flexibility index (Phi) is 3.56. The second-order valence-corrected chi connectivity index (χ2v) is 6.08. The van der Waals surface area contributed by atoms with Gasteiger partial charge in [0.25, 0.3) is 0 Å². The molecule has 0 aromatic carbocycles. The van der Waals surface area contributed by atoms with Gasteiger partial charge in [-0.05, 0) is 38.5 Å². The Morgan fingerprint density at radius 3 is 1.92 bits per heavy atom. The highest BCUT2D eigenvalue weighted by molar-refractivity contribution is 8.00. The predicted octanol–water partition coefficient (Wildman–Crippen LogP) is 2.97. The molecule has 2 aliphatic carbocycles. The van der Waals surface area contributed by atoms with Crippen molar-refractivity contribution in [2.45, 2.75) is 68.0 Å². The quantitative estimate of drug-likeness (QED) is 0.739. The van der Waals surface area contributed by atoms with E-state index in [2.05, 4.69) is 11.8 Å². The fraction of sp³-hybridized carbons (Fsp3) is 1.00. The molecule has 0 atom stereocenters. The van der Waals surface area contributed by atoms with Crippen LogP contribution in [0.2, 0.25) is 0 Å². The molecule has 1 N–H and O–H groups in total. The molecule has 2 fully saturated rings. The first-order valence-corrected chi connectivity index (χ1v) is 6.62. The van der Waals surface area contributed by atoms with E-state index in [1.54, 1.807) is 0 Å². The summed E-state index contributed by atoms with van der Waals surface area (Å²) in [5, 5.41) is 11.2. The van der Waals surface area contributed by atoms with Gasteiger partial charge in [0, 0.05) is 10.5 Å². The van der Waals surface area contributed by atoms with Gasteiger partial charge in [0.15, 0.2) is 0 Å². The summed E-state index contributed by atoms with van der Waals surface area (Å²) in [4.78, 5) is 0. The zero-order chi connectivity index (χ0) is 9.10. The standard InChI is InChI=1S/C11H20OS/c12-9-5-7-11(8-6-9)13-10-3-1-2-4-10/h9-12H,1-8H2.